The summed E-state index contributed by atoms with van der Waals surface area (Å²) < 4.78 is 6.08. The molecule has 3 saturated carbocycles. The van der Waals surface area contributed by atoms with E-state index in [1.807, 2.05) is 13.0 Å². The van der Waals surface area contributed by atoms with E-state index in [4.69, 9.17) is 4.74 Å². The lowest BCUT2D eigenvalue weighted by Gasteiger charge is -2.61. The van der Waals surface area contributed by atoms with Gasteiger partial charge in [-0.15, -0.1) is 0 Å². The van der Waals surface area contributed by atoms with Gasteiger partial charge in [-0.2, -0.15) is 0 Å². The van der Waals surface area contributed by atoms with Crippen molar-refractivity contribution in [2.75, 3.05) is 6.61 Å². The number of rotatable bonds is 4. The number of hydrogen-bond acceptors (Lipinski definition) is 6. The van der Waals surface area contributed by atoms with Crippen molar-refractivity contribution in [2.45, 2.75) is 58.2 Å². The van der Waals surface area contributed by atoms with Crippen molar-refractivity contribution in [3.05, 3.63) is 59.7 Å². The fourth-order valence-electron chi connectivity index (χ4n) is 8.34. The molecule has 0 heterocycles. The van der Waals surface area contributed by atoms with E-state index in [1.54, 1.807) is 42.5 Å². The van der Waals surface area contributed by atoms with Crippen LogP contribution in [-0.4, -0.2) is 46.1 Å². The topological polar surface area (TPSA) is 101 Å². The molecule has 1 aromatic rings. The summed E-state index contributed by atoms with van der Waals surface area (Å²) >= 11 is 0. The van der Waals surface area contributed by atoms with Crippen LogP contribution in [0.2, 0.25) is 0 Å². The van der Waals surface area contributed by atoms with Gasteiger partial charge in [-0.1, -0.05) is 50.6 Å². The maximum atomic E-state index is 13.4. The molecular weight excluding hydrogens is 444 g/mol. The van der Waals surface area contributed by atoms with E-state index in [1.165, 1.54) is 0 Å². The van der Waals surface area contributed by atoms with Gasteiger partial charge in [-0.05, 0) is 67.7 Å². The van der Waals surface area contributed by atoms with Crippen LogP contribution < -0.4 is 0 Å². The van der Waals surface area contributed by atoms with Crippen molar-refractivity contribution in [2.24, 2.45) is 34.5 Å². The molecule has 6 heteroatoms. The van der Waals surface area contributed by atoms with E-state index in [-0.39, 0.29) is 35.9 Å². The first-order chi connectivity index (χ1) is 16.6. The number of ketones is 2. The van der Waals surface area contributed by atoms with Crippen molar-refractivity contribution in [3.63, 3.8) is 0 Å². The zero-order chi connectivity index (χ0) is 25.2. The first-order valence-corrected chi connectivity index (χ1v) is 12.6. The second-order valence-electron chi connectivity index (χ2n) is 11.4. The van der Waals surface area contributed by atoms with Gasteiger partial charge < -0.3 is 14.9 Å². The lowest BCUT2D eigenvalue weighted by atomic mass is 9.44. The Morgan fingerprint density at radius 3 is 2.57 bits per heavy atom. The number of aliphatic hydroxyl groups excluding tert-OH is 2. The molecule has 5 rings (SSSR count). The van der Waals surface area contributed by atoms with Gasteiger partial charge in [0.25, 0.3) is 0 Å². The molecule has 0 aromatic heterocycles. The molecule has 3 fully saturated rings. The number of hydrogen-bond donors (Lipinski definition) is 2. The molecule has 0 aliphatic heterocycles. The summed E-state index contributed by atoms with van der Waals surface area (Å²) in [5, 5.41) is 21.6. The Balaban J connectivity index is 1.55. The molecule has 0 spiro atoms. The standard InChI is InChI=1S/C29H34O6/c1-17-13-20-21-10-12-29(24(33)16-30,35-26(34)18-7-5-4-6-8-18)28(21,3)15-23(32)25(20)27(2)11-9-19(31)14-22(17)27/h4-9,11,14,17,20-21,23,25,30,32H,10,12-13,15-16H2,1-3H3/t17-,20-,21-,23-,25+,27-,28-,29-/m0/s1. The molecule has 1 aromatic carbocycles. The highest BCUT2D eigenvalue weighted by Gasteiger charge is 2.70. The van der Waals surface area contributed by atoms with Gasteiger partial charge in [0.15, 0.2) is 11.4 Å². The lowest BCUT2D eigenvalue weighted by Crippen LogP contribution is -2.63. The Morgan fingerprint density at radius 2 is 1.89 bits per heavy atom. The summed E-state index contributed by atoms with van der Waals surface area (Å²) in [4.78, 5) is 38.7. The van der Waals surface area contributed by atoms with Crippen LogP contribution in [0.5, 0.6) is 0 Å². The molecular formula is C29H34O6. The van der Waals surface area contributed by atoms with Crippen LogP contribution in [0.15, 0.2) is 54.1 Å². The number of fused-ring (bicyclic) bond motifs is 5. The summed E-state index contributed by atoms with van der Waals surface area (Å²) in [6.45, 7) is 5.47. The number of benzene rings is 1. The summed E-state index contributed by atoms with van der Waals surface area (Å²) in [6.07, 6.45) is 6.62. The van der Waals surface area contributed by atoms with Gasteiger partial charge in [-0.25, -0.2) is 4.79 Å². The zero-order valence-electron chi connectivity index (χ0n) is 20.6. The Hall–Kier alpha value is -2.57. The predicted octanol–water partition coefficient (Wildman–Crippen LogP) is 3.67. The SMILES string of the molecule is C[C@H]1C[C@@H]2[C@H]([C@@H](O)C[C@@]3(C)[C@H]2CC[C@]3(OC(=O)c2ccccc2)C(=O)CO)[C@@]2(C)C=CC(=O)C=C12. The minimum Gasteiger partial charge on any atom is -0.447 e. The second kappa shape index (κ2) is 8.24. The van der Waals surface area contributed by atoms with Crippen LogP contribution in [-0.2, 0) is 14.3 Å². The van der Waals surface area contributed by atoms with Gasteiger partial charge in [0, 0.05) is 16.7 Å². The van der Waals surface area contributed by atoms with E-state index >= 15 is 0 Å². The average molecular weight is 479 g/mol. The molecule has 0 amide bonds. The molecule has 2 N–H and O–H groups in total. The smallest absolute Gasteiger partial charge is 0.339 e. The molecule has 4 aliphatic carbocycles. The molecule has 35 heavy (non-hydrogen) atoms. The molecule has 8 atom stereocenters. The Morgan fingerprint density at radius 1 is 1.17 bits per heavy atom. The van der Waals surface area contributed by atoms with Gasteiger partial charge >= 0.3 is 5.97 Å². The summed E-state index contributed by atoms with van der Waals surface area (Å²) in [7, 11) is 0. The monoisotopic (exact) mass is 478 g/mol. The van der Waals surface area contributed by atoms with Crippen molar-refractivity contribution in [1.29, 1.82) is 0 Å². The van der Waals surface area contributed by atoms with Crippen molar-refractivity contribution >= 4 is 17.5 Å². The van der Waals surface area contributed by atoms with Crippen LogP contribution >= 0.6 is 0 Å². The minimum atomic E-state index is -1.50. The van der Waals surface area contributed by atoms with Crippen LogP contribution in [0.25, 0.3) is 0 Å². The van der Waals surface area contributed by atoms with Crippen molar-refractivity contribution < 1.29 is 29.3 Å². The number of esters is 1. The zero-order valence-corrected chi connectivity index (χ0v) is 20.6. The van der Waals surface area contributed by atoms with Crippen molar-refractivity contribution in [1.82, 2.24) is 0 Å². The summed E-state index contributed by atoms with van der Waals surface area (Å²) in [5.41, 5.74) is -1.33. The second-order valence-corrected chi connectivity index (χ2v) is 11.4. The molecule has 0 unspecified atom stereocenters. The predicted molar refractivity (Wildman–Crippen MR) is 129 cm³/mol. The summed E-state index contributed by atoms with van der Waals surface area (Å²) in [6, 6.07) is 8.57. The van der Waals surface area contributed by atoms with E-state index in [0.717, 1.165) is 12.0 Å². The minimum absolute atomic E-state index is 0.0147. The lowest BCUT2D eigenvalue weighted by molar-refractivity contribution is -0.181. The van der Waals surface area contributed by atoms with E-state index < -0.39 is 40.9 Å². The quantitative estimate of drug-likeness (QED) is 0.641. The van der Waals surface area contributed by atoms with Crippen LogP contribution in [0.3, 0.4) is 0 Å². The largest absolute Gasteiger partial charge is 0.447 e. The number of carbonyl (C=O) groups is 3. The number of allylic oxidation sites excluding steroid dienone is 4. The van der Waals surface area contributed by atoms with Gasteiger partial charge in [0.2, 0.25) is 5.78 Å². The van der Waals surface area contributed by atoms with Gasteiger partial charge in [-0.3, -0.25) is 9.59 Å². The fraction of sp³-hybridized carbons (Fsp3) is 0.552. The van der Waals surface area contributed by atoms with Crippen LogP contribution in [0.4, 0.5) is 0 Å². The molecule has 4 aliphatic rings. The number of carbonyl (C=O) groups excluding carboxylic acids is 3. The first kappa shape index (κ1) is 24.1. The third kappa shape index (κ3) is 3.33. The maximum absolute atomic E-state index is 13.4. The Labute approximate surface area is 206 Å². The molecule has 0 bridgehead atoms. The van der Waals surface area contributed by atoms with Gasteiger partial charge in [0.1, 0.15) is 6.61 Å². The molecule has 0 saturated heterocycles. The van der Waals surface area contributed by atoms with E-state index in [0.29, 0.717) is 18.4 Å². The normalized spacial score (nSPS) is 41.9. The summed E-state index contributed by atoms with van der Waals surface area (Å²) in [5.74, 6) is -0.939. The van der Waals surface area contributed by atoms with Gasteiger partial charge in [0.05, 0.1) is 11.7 Å². The number of ether oxygens (including phenoxy) is 1. The van der Waals surface area contributed by atoms with Crippen molar-refractivity contribution in [3.8, 4) is 0 Å². The highest BCUT2D eigenvalue weighted by molar-refractivity contribution is 6.01. The fourth-order valence-corrected chi connectivity index (χ4v) is 8.34. The number of Topliss-reactive ketones (excluding diaryl/α,β-unsaturated/α-hetero) is 1. The molecule has 6 nitrogen and oxygen atoms in total. The highest BCUT2D eigenvalue weighted by Crippen LogP contribution is 2.68. The first-order valence-electron chi connectivity index (χ1n) is 12.6. The third-order valence-electron chi connectivity index (χ3n) is 9.81. The highest BCUT2D eigenvalue weighted by atomic mass is 16.6. The maximum Gasteiger partial charge on any atom is 0.339 e. The van der Waals surface area contributed by atoms with E-state index in [9.17, 15) is 24.6 Å². The Bertz CT molecular complexity index is 1120. The third-order valence-corrected chi connectivity index (χ3v) is 9.81. The molecule has 0 radical (unpaired) electrons. The van der Waals surface area contributed by atoms with Crippen LogP contribution in [0.1, 0.15) is 56.8 Å². The van der Waals surface area contributed by atoms with E-state index in [2.05, 4.69) is 13.8 Å². The average Bonchev–Trinajstić information content (AvgIpc) is 3.12. The molecule has 186 valence electrons. The Kier molecular flexibility index (Phi) is 5.68. The number of aliphatic hydroxyl groups is 2. The van der Waals surface area contributed by atoms with Crippen LogP contribution in [0, 0.1) is 34.5 Å².